The lowest BCUT2D eigenvalue weighted by Gasteiger charge is -2.22. The van der Waals surface area contributed by atoms with Crippen LogP contribution in [0.25, 0.3) is 0 Å². The SMILES string of the molecule is CN(C)CCCN(C)c1cnccc1/C(N)=N/O. The summed E-state index contributed by atoms with van der Waals surface area (Å²) in [6.07, 6.45) is 4.39. The molecule has 0 saturated heterocycles. The van der Waals surface area contributed by atoms with E-state index in [0.29, 0.717) is 5.56 Å². The molecule has 3 N–H and O–H groups in total. The molecule has 0 fully saturated rings. The summed E-state index contributed by atoms with van der Waals surface area (Å²) in [4.78, 5) is 8.28. The van der Waals surface area contributed by atoms with E-state index >= 15 is 0 Å². The average Bonchev–Trinajstić information content (AvgIpc) is 2.37. The van der Waals surface area contributed by atoms with Crippen LogP contribution >= 0.6 is 0 Å². The smallest absolute Gasteiger partial charge is 0.172 e. The number of nitrogens with zero attached hydrogens (tertiary/aromatic N) is 4. The topological polar surface area (TPSA) is 78.0 Å². The fourth-order valence-corrected chi connectivity index (χ4v) is 1.71. The number of rotatable bonds is 6. The van der Waals surface area contributed by atoms with E-state index in [1.807, 2.05) is 21.1 Å². The predicted molar refractivity (Wildman–Crippen MR) is 73.2 cm³/mol. The molecule has 0 aliphatic heterocycles. The highest BCUT2D eigenvalue weighted by Gasteiger charge is 2.10. The zero-order chi connectivity index (χ0) is 13.5. The van der Waals surface area contributed by atoms with Crippen molar-refractivity contribution < 1.29 is 5.21 Å². The lowest BCUT2D eigenvalue weighted by molar-refractivity contribution is 0.318. The van der Waals surface area contributed by atoms with E-state index in [-0.39, 0.29) is 5.84 Å². The largest absolute Gasteiger partial charge is 0.409 e. The number of pyridine rings is 1. The quantitative estimate of drug-likeness (QED) is 0.334. The summed E-state index contributed by atoms with van der Waals surface area (Å²) in [6, 6.07) is 1.74. The minimum atomic E-state index is 0.104. The van der Waals surface area contributed by atoms with E-state index in [0.717, 1.165) is 25.2 Å². The first-order chi connectivity index (χ1) is 8.56. The molecule has 1 rings (SSSR count). The Labute approximate surface area is 108 Å². The third-order valence-electron chi connectivity index (χ3n) is 2.69. The number of aromatic nitrogens is 1. The van der Waals surface area contributed by atoms with Crippen molar-refractivity contribution in [2.45, 2.75) is 6.42 Å². The molecule has 0 atom stereocenters. The molecule has 1 aromatic heterocycles. The van der Waals surface area contributed by atoms with Crippen LogP contribution in [0, 0.1) is 0 Å². The van der Waals surface area contributed by atoms with Crippen LogP contribution in [0.3, 0.4) is 0 Å². The number of hydrogen-bond acceptors (Lipinski definition) is 5. The van der Waals surface area contributed by atoms with E-state index in [1.54, 1.807) is 18.5 Å². The highest BCUT2D eigenvalue weighted by molar-refractivity contribution is 6.01. The molecule has 0 aliphatic rings. The van der Waals surface area contributed by atoms with Crippen molar-refractivity contribution in [2.24, 2.45) is 10.9 Å². The Morgan fingerprint density at radius 2 is 2.11 bits per heavy atom. The van der Waals surface area contributed by atoms with Crippen LogP contribution in [0.2, 0.25) is 0 Å². The van der Waals surface area contributed by atoms with Gasteiger partial charge in [-0.1, -0.05) is 5.16 Å². The fraction of sp³-hybridized carbons (Fsp3) is 0.500. The Hall–Kier alpha value is -1.82. The minimum absolute atomic E-state index is 0.104. The van der Waals surface area contributed by atoms with Crippen LogP contribution in [0.15, 0.2) is 23.6 Å². The summed E-state index contributed by atoms with van der Waals surface area (Å²) in [5, 5.41) is 11.8. The molecular weight excluding hydrogens is 230 g/mol. The van der Waals surface area contributed by atoms with Gasteiger partial charge in [0.15, 0.2) is 5.84 Å². The van der Waals surface area contributed by atoms with Gasteiger partial charge in [0.25, 0.3) is 0 Å². The van der Waals surface area contributed by atoms with Gasteiger partial charge in [-0.15, -0.1) is 0 Å². The molecule has 0 aromatic carbocycles. The van der Waals surface area contributed by atoms with E-state index < -0.39 is 0 Å². The maximum Gasteiger partial charge on any atom is 0.172 e. The Morgan fingerprint density at radius 1 is 1.39 bits per heavy atom. The zero-order valence-corrected chi connectivity index (χ0v) is 11.2. The number of oxime groups is 1. The van der Waals surface area contributed by atoms with Crippen molar-refractivity contribution in [3.05, 3.63) is 24.0 Å². The van der Waals surface area contributed by atoms with E-state index in [1.165, 1.54) is 0 Å². The van der Waals surface area contributed by atoms with Gasteiger partial charge in [-0.25, -0.2) is 0 Å². The second-order valence-corrected chi connectivity index (χ2v) is 4.46. The summed E-state index contributed by atoms with van der Waals surface area (Å²) >= 11 is 0. The molecule has 0 unspecified atom stereocenters. The minimum Gasteiger partial charge on any atom is -0.409 e. The molecule has 100 valence electrons. The highest BCUT2D eigenvalue weighted by Crippen LogP contribution is 2.17. The molecule has 0 amide bonds. The Morgan fingerprint density at radius 3 is 2.72 bits per heavy atom. The molecule has 0 spiro atoms. The molecule has 6 nitrogen and oxygen atoms in total. The summed E-state index contributed by atoms with van der Waals surface area (Å²) in [5.74, 6) is 0.104. The summed E-state index contributed by atoms with van der Waals surface area (Å²) < 4.78 is 0. The van der Waals surface area contributed by atoms with Crippen molar-refractivity contribution in [3.63, 3.8) is 0 Å². The molecule has 0 bridgehead atoms. The number of nitrogens with two attached hydrogens (primary N) is 1. The van der Waals surface area contributed by atoms with Crippen molar-refractivity contribution in [1.29, 1.82) is 0 Å². The van der Waals surface area contributed by atoms with Gasteiger partial charge in [-0.3, -0.25) is 4.98 Å². The maximum absolute atomic E-state index is 8.76. The van der Waals surface area contributed by atoms with E-state index in [2.05, 4.69) is 19.9 Å². The Balaban J connectivity index is 2.76. The first-order valence-electron chi connectivity index (χ1n) is 5.84. The van der Waals surface area contributed by atoms with Gasteiger partial charge in [0.05, 0.1) is 11.9 Å². The first-order valence-corrected chi connectivity index (χ1v) is 5.84. The lowest BCUT2D eigenvalue weighted by atomic mass is 10.2. The third kappa shape index (κ3) is 3.89. The molecule has 0 saturated carbocycles. The van der Waals surface area contributed by atoms with Gasteiger partial charge in [-0.2, -0.15) is 0 Å². The lowest BCUT2D eigenvalue weighted by Crippen LogP contribution is -2.26. The average molecular weight is 251 g/mol. The highest BCUT2D eigenvalue weighted by atomic mass is 16.4. The second kappa shape index (κ2) is 6.80. The first kappa shape index (κ1) is 14.2. The van der Waals surface area contributed by atoms with Crippen LogP contribution in [0.5, 0.6) is 0 Å². The summed E-state index contributed by atoms with van der Waals surface area (Å²) in [7, 11) is 6.07. The van der Waals surface area contributed by atoms with Crippen LogP contribution in [-0.4, -0.2) is 55.2 Å². The molecular formula is C12H21N5O. The normalized spacial score (nSPS) is 11.9. The summed E-state index contributed by atoms with van der Waals surface area (Å²) in [6.45, 7) is 1.90. The fourth-order valence-electron chi connectivity index (χ4n) is 1.71. The zero-order valence-electron chi connectivity index (χ0n) is 11.2. The van der Waals surface area contributed by atoms with Crippen LogP contribution in [-0.2, 0) is 0 Å². The number of anilines is 1. The maximum atomic E-state index is 8.76. The van der Waals surface area contributed by atoms with Crippen molar-refractivity contribution >= 4 is 11.5 Å². The molecule has 0 aliphatic carbocycles. The van der Waals surface area contributed by atoms with Gasteiger partial charge >= 0.3 is 0 Å². The van der Waals surface area contributed by atoms with Crippen LogP contribution in [0.4, 0.5) is 5.69 Å². The number of hydrogen-bond donors (Lipinski definition) is 2. The van der Waals surface area contributed by atoms with Crippen LogP contribution in [0.1, 0.15) is 12.0 Å². The number of amidine groups is 1. The van der Waals surface area contributed by atoms with Gasteiger partial charge in [0.2, 0.25) is 0 Å². The Kier molecular flexibility index (Phi) is 5.38. The predicted octanol–water partition coefficient (Wildman–Crippen LogP) is 0.564. The molecule has 6 heteroatoms. The van der Waals surface area contributed by atoms with Gasteiger partial charge in [0.1, 0.15) is 0 Å². The molecule has 1 aromatic rings. The molecule has 1 heterocycles. The van der Waals surface area contributed by atoms with Crippen molar-refractivity contribution in [2.75, 3.05) is 39.1 Å². The van der Waals surface area contributed by atoms with E-state index in [9.17, 15) is 0 Å². The van der Waals surface area contributed by atoms with Crippen molar-refractivity contribution in [1.82, 2.24) is 9.88 Å². The van der Waals surface area contributed by atoms with Gasteiger partial charge in [0, 0.05) is 25.4 Å². The van der Waals surface area contributed by atoms with E-state index in [4.69, 9.17) is 10.9 Å². The summed E-state index contributed by atoms with van der Waals surface area (Å²) in [5.41, 5.74) is 7.21. The standard InChI is InChI=1S/C12H21N5O/c1-16(2)7-4-8-17(3)11-9-14-6-5-10(11)12(13)15-18/h5-6,9,18H,4,7-8H2,1-3H3,(H2,13,15). The van der Waals surface area contributed by atoms with Gasteiger partial charge < -0.3 is 20.7 Å². The Bertz CT molecular complexity index is 405. The second-order valence-electron chi connectivity index (χ2n) is 4.46. The third-order valence-corrected chi connectivity index (χ3v) is 2.69. The molecule has 18 heavy (non-hydrogen) atoms. The monoisotopic (exact) mass is 251 g/mol. The van der Waals surface area contributed by atoms with Crippen molar-refractivity contribution in [3.8, 4) is 0 Å². The van der Waals surface area contributed by atoms with Crippen LogP contribution < -0.4 is 10.6 Å². The molecule has 0 radical (unpaired) electrons. The van der Waals surface area contributed by atoms with Gasteiger partial charge in [-0.05, 0) is 33.1 Å².